The minimum atomic E-state index is -0.465. The number of amides is 2. The molecule has 144 valence electrons. The highest BCUT2D eigenvalue weighted by molar-refractivity contribution is 6.22. The van der Waals surface area contributed by atoms with E-state index in [4.69, 9.17) is 4.74 Å². The zero-order valence-corrected chi connectivity index (χ0v) is 16.3. The van der Waals surface area contributed by atoms with E-state index >= 15 is 0 Å². The summed E-state index contributed by atoms with van der Waals surface area (Å²) in [6, 6.07) is 6.64. The number of anilines is 1. The first-order valence-electron chi connectivity index (χ1n) is 9.19. The van der Waals surface area contributed by atoms with Crippen molar-refractivity contribution in [3.63, 3.8) is 0 Å². The van der Waals surface area contributed by atoms with Gasteiger partial charge in [-0.1, -0.05) is 6.92 Å². The van der Waals surface area contributed by atoms with Gasteiger partial charge in [0.25, 0.3) is 5.91 Å². The van der Waals surface area contributed by atoms with Gasteiger partial charge in [-0.2, -0.15) is 5.10 Å². The molecule has 0 aliphatic carbocycles. The van der Waals surface area contributed by atoms with E-state index in [1.165, 1.54) is 4.90 Å². The largest absolute Gasteiger partial charge is 0.494 e. The van der Waals surface area contributed by atoms with Crippen LogP contribution in [0.15, 0.2) is 30.5 Å². The van der Waals surface area contributed by atoms with E-state index in [0.29, 0.717) is 18.8 Å². The third-order valence-electron chi connectivity index (χ3n) is 4.76. The Kier molecular flexibility index (Phi) is 5.60. The topological polar surface area (TPSA) is 67.7 Å². The molecule has 0 spiro atoms. The van der Waals surface area contributed by atoms with E-state index < -0.39 is 6.04 Å². The van der Waals surface area contributed by atoms with Gasteiger partial charge in [0.15, 0.2) is 0 Å². The van der Waals surface area contributed by atoms with Crippen molar-refractivity contribution in [2.24, 2.45) is 7.05 Å². The maximum atomic E-state index is 12.9. The summed E-state index contributed by atoms with van der Waals surface area (Å²) in [6.07, 6.45) is 3.05. The molecule has 3 rings (SSSR count). The number of imide groups is 1. The van der Waals surface area contributed by atoms with Crippen LogP contribution in [-0.2, 0) is 23.2 Å². The first kappa shape index (κ1) is 19.1. The lowest BCUT2D eigenvalue weighted by atomic mass is 10.2. The number of carbonyl (C=O) groups is 2. The van der Waals surface area contributed by atoms with Gasteiger partial charge in [-0.05, 0) is 44.7 Å². The molecule has 1 fully saturated rings. The summed E-state index contributed by atoms with van der Waals surface area (Å²) < 4.78 is 7.32. The third kappa shape index (κ3) is 4.03. The lowest BCUT2D eigenvalue weighted by Crippen LogP contribution is -2.39. The molecule has 0 bridgehead atoms. The normalized spacial score (nSPS) is 17.2. The van der Waals surface area contributed by atoms with E-state index in [2.05, 4.69) is 5.10 Å². The number of ether oxygens (including phenoxy) is 1. The fourth-order valence-electron chi connectivity index (χ4n) is 3.33. The predicted octanol–water partition coefficient (Wildman–Crippen LogP) is 2.28. The number of nitrogens with zero attached hydrogens (tertiary/aromatic N) is 4. The maximum Gasteiger partial charge on any atom is 0.251 e. The van der Waals surface area contributed by atoms with Crippen LogP contribution in [0.5, 0.6) is 5.75 Å². The zero-order valence-electron chi connectivity index (χ0n) is 16.3. The van der Waals surface area contributed by atoms with Gasteiger partial charge in [0.1, 0.15) is 5.75 Å². The molecule has 0 unspecified atom stereocenters. The Balaban J connectivity index is 1.71. The van der Waals surface area contributed by atoms with Crippen LogP contribution in [0.1, 0.15) is 31.0 Å². The molecule has 7 nitrogen and oxygen atoms in total. The fraction of sp³-hybridized carbons (Fsp3) is 0.450. The van der Waals surface area contributed by atoms with Crippen molar-refractivity contribution in [1.29, 1.82) is 0 Å². The number of benzene rings is 1. The molecule has 7 heteroatoms. The predicted molar refractivity (Wildman–Crippen MR) is 103 cm³/mol. The minimum absolute atomic E-state index is 0.179. The van der Waals surface area contributed by atoms with Gasteiger partial charge in [-0.15, -0.1) is 0 Å². The smallest absolute Gasteiger partial charge is 0.251 e. The summed E-state index contributed by atoms with van der Waals surface area (Å²) in [5.41, 5.74) is 2.57. The molecule has 1 atom stereocenters. The van der Waals surface area contributed by atoms with Crippen LogP contribution in [0.2, 0.25) is 0 Å². The SMILES string of the molecule is CCCOc1ccc(N2C(=O)C[C@@H](N(C)Cc3cn(C)nc3C)C2=O)cc1. The van der Waals surface area contributed by atoms with Gasteiger partial charge in [-0.25, -0.2) is 4.90 Å². The summed E-state index contributed by atoms with van der Waals surface area (Å²) in [4.78, 5) is 28.6. The van der Waals surface area contributed by atoms with Crippen molar-refractivity contribution in [1.82, 2.24) is 14.7 Å². The van der Waals surface area contributed by atoms with Crippen molar-refractivity contribution in [3.05, 3.63) is 41.7 Å². The first-order chi connectivity index (χ1) is 12.9. The Bertz CT molecular complexity index is 828. The average molecular weight is 370 g/mol. The second-order valence-electron chi connectivity index (χ2n) is 6.96. The molecule has 27 heavy (non-hydrogen) atoms. The molecule has 2 heterocycles. The highest BCUT2D eigenvalue weighted by atomic mass is 16.5. The number of rotatable bonds is 7. The standard InChI is InChI=1S/C20H26N4O3/c1-5-10-27-17-8-6-16(7-9-17)24-19(25)11-18(20(24)26)22(3)12-15-13-23(4)21-14(15)2/h6-9,13,18H,5,10-12H2,1-4H3/t18-/m1/s1. The van der Waals surface area contributed by atoms with Crippen LogP contribution in [0.4, 0.5) is 5.69 Å². The van der Waals surface area contributed by atoms with E-state index in [-0.39, 0.29) is 18.2 Å². The highest BCUT2D eigenvalue weighted by Crippen LogP contribution is 2.27. The molecule has 1 aromatic carbocycles. The van der Waals surface area contributed by atoms with E-state index in [1.54, 1.807) is 28.9 Å². The summed E-state index contributed by atoms with van der Waals surface area (Å²) in [5, 5.41) is 4.33. The number of aryl methyl sites for hydroxylation is 2. The Hall–Kier alpha value is -2.67. The van der Waals surface area contributed by atoms with Gasteiger partial charge in [0, 0.05) is 25.4 Å². The quantitative estimate of drug-likeness (QED) is 0.700. The first-order valence-corrected chi connectivity index (χ1v) is 9.19. The van der Waals surface area contributed by atoms with Crippen LogP contribution in [-0.4, -0.2) is 46.2 Å². The maximum absolute atomic E-state index is 12.9. The average Bonchev–Trinajstić information content (AvgIpc) is 3.11. The Morgan fingerprint density at radius 3 is 2.56 bits per heavy atom. The second kappa shape index (κ2) is 7.92. The molecular formula is C20H26N4O3. The number of aromatic nitrogens is 2. The fourth-order valence-corrected chi connectivity index (χ4v) is 3.33. The number of hydrogen-bond donors (Lipinski definition) is 0. The van der Waals surface area contributed by atoms with Crippen molar-refractivity contribution >= 4 is 17.5 Å². The molecule has 1 saturated heterocycles. The number of carbonyl (C=O) groups excluding carboxylic acids is 2. The number of hydrogen-bond acceptors (Lipinski definition) is 5. The van der Waals surface area contributed by atoms with E-state index in [1.807, 2.05) is 39.0 Å². The van der Waals surface area contributed by atoms with Crippen LogP contribution in [0.3, 0.4) is 0 Å². The third-order valence-corrected chi connectivity index (χ3v) is 4.76. The Morgan fingerprint density at radius 2 is 1.96 bits per heavy atom. The van der Waals surface area contributed by atoms with Crippen molar-refractivity contribution < 1.29 is 14.3 Å². The summed E-state index contributed by atoms with van der Waals surface area (Å²) in [5.74, 6) is 0.369. The highest BCUT2D eigenvalue weighted by Gasteiger charge is 2.41. The van der Waals surface area contributed by atoms with E-state index in [0.717, 1.165) is 23.4 Å². The number of likely N-dealkylation sites (N-methyl/N-ethyl adjacent to an activating group) is 1. The van der Waals surface area contributed by atoms with Gasteiger partial charge in [0.2, 0.25) is 5.91 Å². The lowest BCUT2D eigenvalue weighted by Gasteiger charge is -2.22. The molecule has 2 amide bonds. The minimum Gasteiger partial charge on any atom is -0.494 e. The molecule has 0 radical (unpaired) electrons. The molecular weight excluding hydrogens is 344 g/mol. The molecule has 1 aliphatic heterocycles. The Labute approximate surface area is 159 Å². The molecule has 0 N–H and O–H groups in total. The van der Waals surface area contributed by atoms with Gasteiger partial charge < -0.3 is 4.74 Å². The zero-order chi connectivity index (χ0) is 19.6. The molecule has 0 saturated carbocycles. The second-order valence-corrected chi connectivity index (χ2v) is 6.96. The van der Waals surface area contributed by atoms with Gasteiger partial charge in [0.05, 0.1) is 30.5 Å². The monoisotopic (exact) mass is 370 g/mol. The lowest BCUT2D eigenvalue weighted by molar-refractivity contribution is -0.122. The van der Waals surface area contributed by atoms with E-state index in [9.17, 15) is 9.59 Å². The van der Waals surface area contributed by atoms with Crippen molar-refractivity contribution in [2.75, 3.05) is 18.6 Å². The summed E-state index contributed by atoms with van der Waals surface area (Å²) >= 11 is 0. The Morgan fingerprint density at radius 1 is 1.26 bits per heavy atom. The van der Waals surface area contributed by atoms with Crippen LogP contribution in [0.25, 0.3) is 0 Å². The van der Waals surface area contributed by atoms with Crippen molar-refractivity contribution in [2.45, 2.75) is 39.3 Å². The van der Waals surface area contributed by atoms with Gasteiger partial charge >= 0.3 is 0 Å². The van der Waals surface area contributed by atoms with Gasteiger partial charge in [-0.3, -0.25) is 19.2 Å². The van der Waals surface area contributed by atoms with Crippen LogP contribution >= 0.6 is 0 Å². The molecule has 2 aromatic rings. The summed E-state index contributed by atoms with van der Waals surface area (Å²) in [7, 11) is 3.74. The molecule has 1 aromatic heterocycles. The van der Waals surface area contributed by atoms with Crippen LogP contribution in [0, 0.1) is 6.92 Å². The molecule has 1 aliphatic rings. The summed E-state index contributed by atoms with van der Waals surface area (Å²) in [6.45, 7) is 5.20. The van der Waals surface area contributed by atoms with Crippen molar-refractivity contribution in [3.8, 4) is 5.75 Å². The van der Waals surface area contributed by atoms with Crippen LogP contribution < -0.4 is 9.64 Å².